The minimum absolute atomic E-state index is 0.605. The fraction of sp³-hybridized carbons (Fsp3) is 0.923. The van der Waals surface area contributed by atoms with Crippen LogP contribution >= 0.6 is 11.8 Å². The summed E-state index contributed by atoms with van der Waals surface area (Å²) in [6.45, 7) is 4.53. The molecule has 1 saturated carbocycles. The van der Waals surface area contributed by atoms with Gasteiger partial charge in [-0.3, -0.25) is 4.99 Å². The molecule has 1 saturated heterocycles. The summed E-state index contributed by atoms with van der Waals surface area (Å²) in [6.07, 6.45) is 8.19. The molecule has 1 heterocycles. The molecule has 2 nitrogen and oxygen atoms in total. The summed E-state index contributed by atoms with van der Waals surface area (Å²) in [5.41, 5.74) is 0. The zero-order valence-electron chi connectivity index (χ0n) is 10.5. The maximum absolute atomic E-state index is 4.85. The van der Waals surface area contributed by atoms with Crippen molar-refractivity contribution in [2.75, 3.05) is 5.75 Å². The number of rotatable bonds is 3. The van der Waals surface area contributed by atoms with Crippen LogP contribution < -0.4 is 5.32 Å². The molecule has 92 valence electrons. The van der Waals surface area contributed by atoms with Crippen molar-refractivity contribution < 1.29 is 0 Å². The van der Waals surface area contributed by atoms with E-state index in [1.165, 1.54) is 49.4 Å². The summed E-state index contributed by atoms with van der Waals surface area (Å²) in [4.78, 5) is 4.85. The van der Waals surface area contributed by atoms with Gasteiger partial charge in [0.1, 0.15) is 0 Å². The number of thioether (sulfide) groups is 1. The van der Waals surface area contributed by atoms with Crippen molar-refractivity contribution in [3.05, 3.63) is 0 Å². The normalized spacial score (nSPS) is 37.6. The van der Waals surface area contributed by atoms with Gasteiger partial charge in [0.15, 0.2) is 5.17 Å². The minimum atomic E-state index is 0.605. The Kier molecular flexibility index (Phi) is 4.56. The molecule has 3 heteroatoms. The highest BCUT2D eigenvalue weighted by molar-refractivity contribution is 8.14. The molecule has 2 fully saturated rings. The van der Waals surface area contributed by atoms with Gasteiger partial charge in [-0.05, 0) is 38.5 Å². The summed E-state index contributed by atoms with van der Waals surface area (Å²) in [5.74, 6) is 2.17. The maximum atomic E-state index is 4.85. The third-order valence-corrected chi connectivity index (χ3v) is 4.82. The lowest BCUT2D eigenvalue weighted by Gasteiger charge is -2.26. The number of hydrogen-bond acceptors (Lipinski definition) is 2. The molecule has 1 N–H and O–H groups in total. The van der Waals surface area contributed by atoms with E-state index < -0.39 is 0 Å². The van der Waals surface area contributed by atoms with Crippen LogP contribution in [0, 0.1) is 5.92 Å². The molecule has 0 aromatic rings. The third kappa shape index (κ3) is 3.41. The van der Waals surface area contributed by atoms with Crippen molar-refractivity contribution in [2.24, 2.45) is 10.9 Å². The van der Waals surface area contributed by atoms with Crippen LogP contribution in [-0.2, 0) is 0 Å². The molecule has 16 heavy (non-hydrogen) atoms. The molecule has 1 aliphatic carbocycles. The van der Waals surface area contributed by atoms with Gasteiger partial charge in [0.2, 0.25) is 0 Å². The van der Waals surface area contributed by atoms with Crippen LogP contribution in [0.5, 0.6) is 0 Å². The van der Waals surface area contributed by atoms with Crippen molar-refractivity contribution in [2.45, 2.75) is 64.5 Å². The Bertz CT molecular complexity index is 244. The second-order valence-electron chi connectivity index (χ2n) is 5.25. The van der Waals surface area contributed by atoms with E-state index in [0.29, 0.717) is 12.1 Å². The number of amidine groups is 1. The van der Waals surface area contributed by atoms with E-state index >= 15 is 0 Å². The second-order valence-corrected chi connectivity index (χ2v) is 6.26. The molecule has 0 bridgehead atoms. The average molecular weight is 240 g/mol. The van der Waals surface area contributed by atoms with Gasteiger partial charge in [-0.25, -0.2) is 0 Å². The molecule has 1 aliphatic heterocycles. The number of hydrogen-bond donors (Lipinski definition) is 1. The Hall–Kier alpha value is -0.180. The quantitative estimate of drug-likeness (QED) is 0.817. The molecular weight excluding hydrogens is 216 g/mol. The standard InChI is InChI=1S/C13H24N2S/c1-3-4-11-5-7-12(8-6-11)15-13-14-10(2)9-16-13/h10-12H,3-9H2,1-2H3,(H,14,15). The van der Waals surface area contributed by atoms with Gasteiger partial charge >= 0.3 is 0 Å². The van der Waals surface area contributed by atoms with E-state index in [1.54, 1.807) is 0 Å². The van der Waals surface area contributed by atoms with E-state index in [-0.39, 0.29) is 0 Å². The first-order chi connectivity index (χ1) is 7.78. The molecule has 0 aromatic carbocycles. The van der Waals surface area contributed by atoms with E-state index in [0.717, 1.165) is 5.92 Å². The maximum Gasteiger partial charge on any atom is 0.157 e. The topological polar surface area (TPSA) is 24.4 Å². The lowest BCUT2D eigenvalue weighted by atomic mass is 9.84. The summed E-state index contributed by atoms with van der Waals surface area (Å²) >= 11 is 1.89. The predicted molar refractivity (Wildman–Crippen MR) is 73.1 cm³/mol. The third-order valence-electron chi connectivity index (χ3n) is 3.65. The van der Waals surface area contributed by atoms with E-state index in [1.807, 2.05) is 11.8 Å². The van der Waals surface area contributed by atoms with Crippen molar-refractivity contribution in [1.29, 1.82) is 0 Å². The van der Waals surface area contributed by atoms with Crippen LogP contribution in [0.2, 0.25) is 0 Å². The zero-order valence-corrected chi connectivity index (χ0v) is 11.4. The molecule has 1 atom stereocenters. The molecule has 2 rings (SSSR count). The van der Waals surface area contributed by atoms with Gasteiger partial charge in [-0.15, -0.1) is 0 Å². The van der Waals surface area contributed by atoms with Crippen molar-refractivity contribution >= 4 is 16.9 Å². The molecule has 0 spiro atoms. The minimum Gasteiger partial charge on any atom is -0.362 e. The summed E-state index contributed by atoms with van der Waals surface area (Å²) in [6, 6.07) is 1.22. The Morgan fingerprint density at radius 1 is 1.31 bits per heavy atom. The van der Waals surface area contributed by atoms with Crippen molar-refractivity contribution in [3.8, 4) is 0 Å². The van der Waals surface area contributed by atoms with E-state index in [9.17, 15) is 0 Å². The van der Waals surface area contributed by atoms with Crippen LogP contribution in [0.3, 0.4) is 0 Å². The van der Waals surface area contributed by atoms with E-state index in [4.69, 9.17) is 4.99 Å². The van der Waals surface area contributed by atoms with Crippen LogP contribution in [0.25, 0.3) is 0 Å². The van der Waals surface area contributed by atoms with Gasteiger partial charge in [0.25, 0.3) is 0 Å². The molecule has 1 unspecified atom stereocenters. The second kappa shape index (κ2) is 5.95. The lowest BCUT2D eigenvalue weighted by molar-refractivity contribution is 0.310. The number of nitrogens with one attached hydrogen (secondary N) is 1. The first kappa shape index (κ1) is 12.3. The Morgan fingerprint density at radius 2 is 2.06 bits per heavy atom. The largest absolute Gasteiger partial charge is 0.362 e. The Labute approximate surface area is 104 Å². The monoisotopic (exact) mass is 240 g/mol. The number of aliphatic imine (C=N–C) groups is 1. The Balaban J connectivity index is 1.76. The van der Waals surface area contributed by atoms with E-state index in [2.05, 4.69) is 19.2 Å². The van der Waals surface area contributed by atoms with Crippen LogP contribution in [0.1, 0.15) is 52.4 Å². The summed E-state index contributed by atoms with van der Waals surface area (Å²) < 4.78 is 0. The Morgan fingerprint density at radius 3 is 2.62 bits per heavy atom. The first-order valence-electron chi connectivity index (χ1n) is 6.75. The molecule has 0 amide bonds. The highest BCUT2D eigenvalue weighted by atomic mass is 32.2. The van der Waals surface area contributed by atoms with Gasteiger partial charge in [-0.1, -0.05) is 31.5 Å². The average Bonchev–Trinajstić information content (AvgIpc) is 2.67. The summed E-state index contributed by atoms with van der Waals surface area (Å²) in [7, 11) is 0. The molecule has 2 aliphatic rings. The summed E-state index contributed by atoms with van der Waals surface area (Å²) in [5, 5.41) is 4.65. The zero-order chi connectivity index (χ0) is 11.4. The smallest absolute Gasteiger partial charge is 0.157 e. The fourth-order valence-corrected chi connectivity index (χ4v) is 3.71. The number of nitrogens with zero attached hydrogens (tertiary/aromatic N) is 1. The molecule has 0 aromatic heterocycles. The molecule has 0 radical (unpaired) electrons. The lowest BCUT2D eigenvalue weighted by Crippen LogP contribution is -2.25. The predicted octanol–water partition coefficient (Wildman–Crippen LogP) is 3.43. The van der Waals surface area contributed by atoms with Gasteiger partial charge in [0, 0.05) is 11.8 Å². The highest BCUT2D eigenvalue weighted by Gasteiger charge is 2.22. The van der Waals surface area contributed by atoms with Gasteiger partial charge in [0.05, 0.1) is 6.04 Å². The van der Waals surface area contributed by atoms with Gasteiger partial charge in [-0.2, -0.15) is 0 Å². The van der Waals surface area contributed by atoms with Crippen molar-refractivity contribution in [3.63, 3.8) is 0 Å². The van der Waals surface area contributed by atoms with Crippen LogP contribution in [-0.4, -0.2) is 23.0 Å². The fourth-order valence-electron chi connectivity index (χ4n) is 2.71. The molecular formula is C13H24N2S. The first-order valence-corrected chi connectivity index (χ1v) is 7.73. The van der Waals surface area contributed by atoms with Gasteiger partial charge < -0.3 is 5.32 Å². The van der Waals surface area contributed by atoms with Crippen LogP contribution in [0.4, 0.5) is 0 Å². The highest BCUT2D eigenvalue weighted by Crippen LogP contribution is 2.30. The van der Waals surface area contributed by atoms with Crippen molar-refractivity contribution in [1.82, 2.24) is 5.32 Å². The van der Waals surface area contributed by atoms with Crippen LogP contribution in [0.15, 0.2) is 4.99 Å². The SMILES string of the molecule is CCCC1CCC(N=C2NC(C)CS2)CC1.